The normalized spacial score (nSPS) is 22.9. The lowest BCUT2D eigenvalue weighted by Crippen LogP contribution is -2.40. The highest BCUT2D eigenvalue weighted by Gasteiger charge is 2.24. The molecule has 2 heterocycles. The van der Waals surface area contributed by atoms with Gasteiger partial charge in [0.15, 0.2) is 0 Å². The van der Waals surface area contributed by atoms with Crippen LogP contribution in [0.15, 0.2) is 12.3 Å². The molecular formula is C12H17N3. The average Bonchev–Trinajstić information content (AvgIpc) is 2.68. The van der Waals surface area contributed by atoms with Crippen molar-refractivity contribution in [2.45, 2.75) is 37.5 Å². The van der Waals surface area contributed by atoms with E-state index in [1.807, 2.05) is 6.20 Å². The van der Waals surface area contributed by atoms with E-state index < -0.39 is 0 Å². The van der Waals surface area contributed by atoms with E-state index in [-0.39, 0.29) is 0 Å². The molecule has 0 radical (unpaired) electrons. The molecule has 0 atom stereocenters. The Kier molecular flexibility index (Phi) is 2.41. The number of hydrogen-bond acceptors (Lipinski definition) is 3. The van der Waals surface area contributed by atoms with Gasteiger partial charge in [0, 0.05) is 36.8 Å². The van der Waals surface area contributed by atoms with Crippen molar-refractivity contribution >= 4 is 0 Å². The summed E-state index contributed by atoms with van der Waals surface area (Å²) < 4.78 is 0. The summed E-state index contributed by atoms with van der Waals surface area (Å²) >= 11 is 0. The van der Waals surface area contributed by atoms with Crippen molar-refractivity contribution in [3.63, 3.8) is 0 Å². The predicted molar refractivity (Wildman–Crippen MR) is 58.9 cm³/mol. The van der Waals surface area contributed by atoms with E-state index in [2.05, 4.69) is 16.4 Å². The van der Waals surface area contributed by atoms with Crippen molar-refractivity contribution in [1.29, 1.82) is 0 Å². The second-order valence-corrected chi connectivity index (χ2v) is 4.68. The van der Waals surface area contributed by atoms with E-state index >= 15 is 0 Å². The molecule has 0 spiro atoms. The third-order valence-electron chi connectivity index (χ3n) is 3.62. The largest absolute Gasteiger partial charge is 0.315 e. The van der Waals surface area contributed by atoms with Gasteiger partial charge in [-0.3, -0.25) is 0 Å². The monoisotopic (exact) mass is 203 g/mol. The van der Waals surface area contributed by atoms with Gasteiger partial charge < -0.3 is 5.32 Å². The Balaban J connectivity index is 1.81. The Labute approximate surface area is 90.3 Å². The lowest BCUT2D eigenvalue weighted by molar-refractivity contribution is 0.427. The zero-order valence-corrected chi connectivity index (χ0v) is 8.95. The molecule has 15 heavy (non-hydrogen) atoms. The zero-order valence-electron chi connectivity index (χ0n) is 8.95. The molecule has 1 aliphatic carbocycles. The molecule has 3 nitrogen and oxygen atoms in total. The third kappa shape index (κ3) is 1.76. The van der Waals surface area contributed by atoms with Crippen molar-refractivity contribution in [1.82, 2.24) is 15.3 Å². The zero-order chi connectivity index (χ0) is 10.1. The van der Waals surface area contributed by atoms with Crippen LogP contribution >= 0.6 is 0 Å². The SMILES string of the molecule is c1cc(C2CCCC2)nc(C2CNC2)n1. The minimum Gasteiger partial charge on any atom is -0.315 e. The van der Waals surface area contributed by atoms with Crippen LogP contribution in [0.2, 0.25) is 0 Å². The van der Waals surface area contributed by atoms with Crippen molar-refractivity contribution in [3.05, 3.63) is 23.8 Å². The summed E-state index contributed by atoms with van der Waals surface area (Å²) in [6, 6.07) is 2.10. The maximum absolute atomic E-state index is 4.73. The number of nitrogens with zero attached hydrogens (tertiary/aromatic N) is 2. The molecule has 0 aromatic carbocycles. The van der Waals surface area contributed by atoms with Crippen LogP contribution in [0.25, 0.3) is 0 Å². The quantitative estimate of drug-likeness (QED) is 0.796. The molecule has 0 unspecified atom stereocenters. The lowest BCUT2D eigenvalue weighted by atomic mass is 10.0. The first-order chi connectivity index (χ1) is 7.43. The van der Waals surface area contributed by atoms with Crippen LogP contribution < -0.4 is 5.32 Å². The molecule has 2 fully saturated rings. The van der Waals surface area contributed by atoms with Gasteiger partial charge >= 0.3 is 0 Å². The van der Waals surface area contributed by atoms with E-state index in [1.54, 1.807) is 0 Å². The van der Waals surface area contributed by atoms with Gasteiger partial charge in [-0.15, -0.1) is 0 Å². The molecule has 1 saturated heterocycles. The van der Waals surface area contributed by atoms with Gasteiger partial charge in [0.05, 0.1) is 0 Å². The highest BCUT2D eigenvalue weighted by atomic mass is 15.0. The average molecular weight is 203 g/mol. The van der Waals surface area contributed by atoms with Crippen LogP contribution in [0, 0.1) is 0 Å². The molecule has 0 bridgehead atoms. The Morgan fingerprint density at radius 3 is 2.60 bits per heavy atom. The number of nitrogens with one attached hydrogen (secondary N) is 1. The van der Waals surface area contributed by atoms with E-state index in [9.17, 15) is 0 Å². The second-order valence-electron chi connectivity index (χ2n) is 4.68. The van der Waals surface area contributed by atoms with Crippen LogP contribution in [0.3, 0.4) is 0 Å². The number of rotatable bonds is 2. The summed E-state index contributed by atoms with van der Waals surface area (Å²) in [5.41, 5.74) is 1.28. The molecule has 80 valence electrons. The lowest BCUT2D eigenvalue weighted by Gasteiger charge is -2.26. The summed E-state index contributed by atoms with van der Waals surface area (Å²) in [4.78, 5) is 9.11. The molecule has 2 aliphatic rings. The first-order valence-electron chi connectivity index (χ1n) is 5.97. The van der Waals surface area contributed by atoms with Gasteiger partial charge in [-0.05, 0) is 18.9 Å². The van der Waals surface area contributed by atoms with Crippen molar-refractivity contribution in [2.24, 2.45) is 0 Å². The van der Waals surface area contributed by atoms with E-state index in [4.69, 9.17) is 4.98 Å². The Morgan fingerprint density at radius 1 is 1.13 bits per heavy atom. The van der Waals surface area contributed by atoms with Crippen LogP contribution in [0.4, 0.5) is 0 Å². The molecule has 1 aliphatic heterocycles. The van der Waals surface area contributed by atoms with Gasteiger partial charge in [-0.2, -0.15) is 0 Å². The number of hydrogen-bond donors (Lipinski definition) is 1. The fourth-order valence-corrected chi connectivity index (χ4v) is 2.51. The summed E-state index contributed by atoms with van der Waals surface area (Å²) in [6.07, 6.45) is 7.32. The van der Waals surface area contributed by atoms with Gasteiger partial charge in [0.1, 0.15) is 5.82 Å². The molecule has 1 aromatic heterocycles. The molecule has 1 N–H and O–H groups in total. The molecule has 3 rings (SSSR count). The maximum Gasteiger partial charge on any atom is 0.134 e. The Bertz CT molecular complexity index is 340. The first kappa shape index (κ1) is 9.28. The highest BCUT2D eigenvalue weighted by molar-refractivity contribution is 5.13. The summed E-state index contributed by atoms with van der Waals surface area (Å²) in [5, 5.41) is 3.27. The van der Waals surface area contributed by atoms with Crippen LogP contribution in [-0.2, 0) is 0 Å². The minimum atomic E-state index is 0.561. The van der Waals surface area contributed by atoms with E-state index in [0.717, 1.165) is 18.9 Å². The highest BCUT2D eigenvalue weighted by Crippen LogP contribution is 2.33. The van der Waals surface area contributed by atoms with Crippen molar-refractivity contribution in [3.8, 4) is 0 Å². The van der Waals surface area contributed by atoms with Gasteiger partial charge in [0.25, 0.3) is 0 Å². The van der Waals surface area contributed by atoms with Gasteiger partial charge in [-0.25, -0.2) is 9.97 Å². The minimum absolute atomic E-state index is 0.561. The first-order valence-corrected chi connectivity index (χ1v) is 5.97. The molecule has 3 heteroatoms. The molecule has 1 aromatic rings. The topological polar surface area (TPSA) is 37.8 Å². The van der Waals surface area contributed by atoms with Gasteiger partial charge in [0.2, 0.25) is 0 Å². The second kappa shape index (κ2) is 3.89. The fraction of sp³-hybridized carbons (Fsp3) is 0.667. The number of aromatic nitrogens is 2. The van der Waals surface area contributed by atoms with Gasteiger partial charge in [-0.1, -0.05) is 12.8 Å². The molecule has 0 amide bonds. The molecule has 1 saturated carbocycles. The van der Waals surface area contributed by atoms with Crippen LogP contribution in [0.5, 0.6) is 0 Å². The van der Waals surface area contributed by atoms with E-state index in [1.165, 1.54) is 31.4 Å². The van der Waals surface area contributed by atoms with Crippen LogP contribution in [-0.4, -0.2) is 23.1 Å². The van der Waals surface area contributed by atoms with E-state index in [0.29, 0.717) is 11.8 Å². The predicted octanol–water partition coefficient (Wildman–Crippen LogP) is 1.82. The van der Waals surface area contributed by atoms with Crippen LogP contribution in [0.1, 0.15) is 49.0 Å². The summed E-state index contributed by atoms with van der Waals surface area (Å²) in [5.74, 6) is 2.32. The smallest absolute Gasteiger partial charge is 0.134 e. The Morgan fingerprint density at radius 2 is 1.93 bits per heavy atom. The van der Waals surface area contributed by atoms with Crippen molar-refractivity contribution in [2.75, 3.05) is 13.1 Å². The van der Waals surface area contributed by atoms with Crippen molar-refractivity contribution < 1.29 is 0 Å². The third-order valence-corrected chi connectivity index (χ3v) is 3.62. The summed E-state index contributed by atoms with van der Waals surface area (Å²) in [6.45, 7) is 2.10. The fourth-order valence-electron chi connectivity index (χ4n) is 2.51. The Hall–Kier alpha value is -0.960. The molecular weight excluding hydrogens is 186 g/mol. The standard InChI is InChI=1S/C12H17N3/c1-2-4-9(3-1)11-5-6-14-12(15-11)10-7-13-8-10/h5-6,9-10,13H,1-4,7-8H2. The maximum atomic E-state index is 4.73. The summed E-state index contributed by atoms with van der Waals surface area (Å²) in [7, 11) is 0.